The quantitative estimate of drug-likeness (QED) is 0.791. The molecule has 2 fully saturated rings. The molecule has 2 heterocycles. The van der Waals surface area contributed by atoms with Crippen LogP contribution in [0.1, 0.15) is 48.9 Å². The first-order valence-corrected chi connectivity index (χ1v) is 9.59. The summed E-state index contributed by atoms with van der Waals surface area (Å²) < 4.78 is 16.7. The number of ether oxygens (including phenoxy) is 2. The first-order chi connectivity index (χ1) is 12.8. The molecule has 26 heavy (non-hydrogen) atoms. The molecule has 0 radical (unpaired) electrons. The Bertz CT molecular complexity index is 695. The van der Waals surface area contributed by atoms with Gasteiger partial charge in [0.05, 0.1) is 26.4 Å². The Balaban J connectivity index is 1.31. The summed E-state index contributed by atoms with van der Waals surface area (Å²) in [5.74, 6) is 3.00. The van der Waals surface area contributed by atoms with Gasteiger partial charge in [-0.25, -0.2) is 0 Å². The molecule has 6 heteroatoms. The molecule has 0 unspecified atom stereocenters. The number of hydrogen-bond acceptors (Lipinski definition) is 6. The average molecular weight is 357 g/mol. The molecule has 0 amide bonds. The van der Waals surface area contributed by atoms with Gasteiger partial charge in [-0.2, -0.15) is 4.98 Å². The van der Waals surface area contributed by atoms with Crippen LogP contribution in [0.5, 0.6) is 5.75 Å². The second kappa shape index (κ2) is 8.18. The van der Waals surface area contributed by atoms with Crippen molar-refractivity contribution < 1.29 is 14.0 Å². The molecule has 1 saturated heterocycles. The molecule has 0 N–H and O–H groups in total. The molecule has 140 valence electrons. The van der Waals surface area contributed by atoms with Crippen molar-refractivity contribution in [3.8, 4) is 5.75 Å². The van der Waals surface area contributed by atoms with E-state index in [1.807, 2.05) is 12.1 Å². The fraction of sp³-hybridized carbons (Fsp3) is 0.600. The molecule has 1 aromatic heterocycles. The summed E-state index contributed by atoms with van der Waals surface area (Å²) in [5, 5.41) is 4.20. The topological polar surface area (TPSA) is 60.6 Å². The molecule has 1 atom stereocenters. The number of benzene rings is 1. The number of nitrogens with zero attached hydrogens (tertiary/aromatic N) is 3. The summed E-state index contributed by atoms with van der Waals surface area (Å²) in [6.07, 6.45) is 6.02. The van der Waals surface area contributed by atoms with Crippen LogP contribution in [0.15, 0.2) is 28.8 Å². The smallest absolute Gasteiger partial charge is 0.229 e. The Morgan fingerprint density at radius 1 is 1.19 bits per heavy atom. The summed E-state index contributed by atoms with van der Waals surface area (Å²) >= 11 is 0. The van der Waals surface area contributed by atoms with E-state index in [1.54, 1.807) is 7.11 Å². The lowest BCUT2D eigenvalue weighted by atomic mass is 10.1. The minimum absolute atomic E-state index is 0.193. The normalized spacial score (nSPS) is 22.0. The zero-order chi connectivity index (χ0) is 17.8. The third-order valence-corrected chi connectivity index (χ3v) is 5.40. The number of morpholine rings is 1. The van der Waals surface area contributed by atoms with Crippen LogP contribution in [0.2, 0.25) is 0 Å². The molecule has 1 saturated carbocycles. The van der Waals surface area contributed by atoms with Crippen LogP contribution in [0.3, 0.4) is 0 Å². The van der Waals surface area contributed by atoms with E-state index in [-0.39, 0.29) is 6.10 Å². The molecule has 2 aromatic rings. The highest BCUT2D eigenvalue weighted by Gasteiger charge is 2.25. The van der Waals surface area contributed by atoms with Crippen molar-refractivity contribution in [1.82, 2.24) is 15.0 Å². The average Bonchev–Trinajstić information content (AvgIpc) is 3.34. The predicted molar refractivity (Wildman–Crippen MR) is 97.2 cm³/mol. The molecule has 1 aromatic carbocycles. The van der Waals surface area contributed by atoms with Gasteiger partial charge in [0.1, 0.15) is 5.75 Å². The van der Waals surface area contributed by atoms with E-state index < -0.39 is 0 Å². The van der Waals surface area contributed by atoms with Gasteiger partial charge in [-0.05, 0) is 37.0 Å². The molecule has 4 rings (SSSR count). The zero-order valence-corrected chi connectivity index (χ0v) is 15.4. The number of rotatable bonds is 6. The van der Waals surface area contributed by atoms with Crippen molar-refractivity contribution in [3.63, 3.8) is 0 Å². The van der Waals surface area contributed by atoms with Crippen molar-refractivity contribution in [2.24, 2.45) is 0 Å². The Hall–Kier alpha value is -1.92. The van der Waals surface area contributed by atoms with Crippen LogP contribution in [-0.4, -0.2) is 48.0 Å². The largest absolute Gasteiger partial charge is 0.497 e. The van der Waals surface area contributed by atoms with Gasteiger partial charge in [0.15, 0.2) is 5.82 Å². The van der Waals surface area contributed by atoms with E-state index in [0.29, 0.717) is 5.92 Å². The number of aromatic nitrogens is 2. The van der Waals surface area contributed by atoms with Gasteiger partial charge in [-0.15, -0.1) is 0 Å². The van der Waals surface area contributed by atoms with E-state index in [0.717, 1.165) is 50.1 Å². The lowest BCUT2D eigenvalue weighted by molar-refractivity contribution is -0.0314. The molecule has 2 aliphatic rings. The van der Waals surface area contributed by atoms with Crippen LogP contribution >= 0.6 is 0 Å². The number of methoxy groups -OCH3 is 1. The molecule has 1 aliphatic carbocycles. The van der Waals surface area contributed by atoms with Gasteiger partial charge in [0.2, 0.25) is 5.89 Å². The Morgan fingerprint density at radius 3 is 2.77 bits per heavy atom. The summed E-state index contributed by atoms with van der Waals surface area (Å²) in [4.78, 5) is 7.00. The van der Waals surface area contributed by atoms with Crippen LogP contribution in [0.25, 0.3) is 0 Å². The van der Waals surface area contributed by atoms with Crippen molar-refractivity contribution in [2.75, 3.05) is 26.8 Å². The van der Waals surface area contributed by atoms with Gasteiger partial charge in [0, 0.05) is 19.0 Å². The highest BCUT2D eigenvalue weighted by molar-refractivity contribution is 5.27. The minimum atomic E-state index is 0.193. The Morgan fingerprint density at radius 2 is 2.00 bits per heavy atom. The first kappa shape index (κ1) is 17.5. The summed E-state index contributed by atoms with van der Waals surface area (Å²) in [7, 11) is 1.69. The van der Waals surface area contributed by atoms with Crippen molar-refractivity contribution in [2.45, 2.75) is 50.7 Å². The highest BCUT2D eigenvalue weighted by Crippen LogP contribution is 2.33. The molecular weight excluding hydrogens is 330 g/mol. The van der Waals surface area contributed by atoms with Gasteiger partial charge in [-0.3, -0.25) is 4.90 Å². The zero-order valence-electron chi connectivity index (χ0n) is 15.4. The minimum Gasteiger partial charge on any atom is -0.497 e. The molecule has 0 spiro atoms. The van der Waals surface area contributed by atoms with E-state index >= 15 is 0 Å². The van der Waals surface area contributed by atoms with Crippen molar-refractivity contribution >= 4 is 0 Å². The highest BCUT2D eigenvalue weighted by atomic mass is 16.5. The Kier molecular flexibility index (Phi) is 5.51. The van der Waals surface area contributed by atoms with Gasteiger partial charge < -0.3 is 14.0 Å². The van der Waals surface area contributed by atoms with Crippen molar-refractivity contribution in [3.05, 3.63) is 41.5 Å². The fourth-order valence-corrected chi connectivity index (χ4v) is 3.94. The maximum Gasteiger partial charge on any atom is 0.229 e. The van der Waals surface area contributed by atoms with Gasteiger partial charge in [-0.1, -0.05) is 30.1 Å². The standard InChI is InChI=1S/C20H27N3O3/c1-24-17-8-6-15(7-9-17)12-18-13-23(10-11-25-18)14-19-21-20(26-22-19)16-4-2-3-5-16/h6-9,16,18H,2-5,10-14H2,1H3/t18-/m1/s1. The third-order valence-electron chi connectivity index (χ3n) is 5.40. The van der Waals surface area contributed by atoms with Crippen molar-refractivity contribution in [1.29, 1.82) is 0 Å². The van der Waals surface area contributed by atoms with Crippen LogP contribution in [0.4, 0.5) is 0 Å². The summed E-state index contributed by atoms with van der Waals surface area (Å²) in [6, 6.07) is 8.21. The summed E-state index contributed by atoms with van der Waals surface area (Å²) in [6.45, 7) is 3.28. The van der Waals surface area contributed by atoms with E-state index in [2.05, 4.69) is 27.2 Å². The molecule has 6 nitrogen and oxygen atoms in total. The fourth-order valence-electron chi connectivity index (χ4n) is 3.94. The first-order valence-electron chi connectivity index (χ1n) is 9.59. The van der Waals surface area contributed by atoms with E-state index in [4.69, 9.17) is 14.0 Å². The van der Waals surface area contributed by atoms with Crippen LogP contribution < -0.4 is 4.74 Å². The predicted octanol–water partition coefficient (Wildman–Crippen LogP) is 3.18. The maximum atomic E-state index is 5.96. The lowest BCUT2D eigenvalue weighted by Gasteiger charge is -2.32. The lowest BCUT2D eigenvalue weighted by Crippen LogP contribution is -2.43. The summed E-state index contributed by atoms with van der Waals surface area (Å²) in [5.41, 5.74) is 1.26. The van der Waals surface area contributed by atoms with E-state index in [9.17, 15) is 0 Å². The second-order valence-corrected chi connectivity index (χ2v) is 7.31. The maximum absolute atomic E-state index is 5.96. The third kappa shape index (κ3) is 4.24. The number of hydrogen-bond donors (Lipinski definition) is 0. The second-order valence-electron chi connectivity index (χ2n) is 7.31. The van der Waals surface area contributed by atoms with Crippen LogP contribution in [-0.2, 0) is 17.7 Å². The molecular formula is C20H27N3O3. The SMILES string of the molecule is COc1ccc(C[C@@H]2CN(Cc3noc(C4CCCC4)n3)CCO2)cc1. The monoisotopic (exact) mass is 357 g/mol. The van der Waals surface area contributed by atoms with Crippen LogP contribution in [0, 0.1) is 0 Å². The van der Waals surface area contributed by atoms with Gasteiger partial charge in [0.25, 0.3) is 0 Å². The van der Waals surface area contributed by atoms with E-state index in [1.165, 1.54) is 31.2 Å². The molecule has 0 bridgehead atoms. The van der Waals surface area contributed by atoms with Gasteiger partial charge >= 0.3 is 0 Å². The molecule has 1 aliphatic heterocycles. The Labute approximate surface area is 154 Å².